The minimum Gasteiger partial charge on any atom is -0.373 e. The van der Waals surface area contributed by atoms with E-state index in [1.807, 2.05) is 0 Å². The summed E-state index contributed by atoms with van der Waals surface area (Å²) in [5.74, 6) is 0. The van der Waals surface area contributed by atoms with Gasteiger partial charge in [-0.2, -0.15) is 5.26 Å². The maximum absolute atomic E-state index is 9.01. The first kappa shape index (κ1) is 8.18. The van der Waals surface area contributed by atoms with Gasteiger partial charge in [0.15, 0.2) is 6.10 Å². The van der Waals surface area contributed by atoms with Gasteiger partial charge in [-0.1, -0.05) is 6.07 Å². The molecular formula is C7H5BrN2O. The molecule has 0 amide bonds. The van der Waals surface area contributed by atoms with Gasteiger partial charge in [0.25, 0.3) is 0 Å². The molecule has 0 saturated heterocycles. The molecule has 1 N–H and O–H groups in total. The van der Waals surface area contributed by atoms with E-state index in [4.69, 9.17) is 10.4 Å². The molecule has 1 aromatic rings. The third-order valence-electron chi connectivity index (χ3n) is 1.14. The van der Waals surface area contributed by atoms with E-state index in [0.717, 1.165) is 0 Å². The van der Waals surface area contributed by atoms with E-state index in [1.165, 1.54) is 0 Å². The molecule has 11 heavy (non-hydrogen) atoms. The van der Waals surface area contributed by atoms with Gasteiger partial charge in [0.2, 0.25) is 0 Å². The predicted octanol–water partition coefficient (Wildman–Crippen LogP) is 1.40. The van der Waals surface area contributed by atoms with Crippen LogP contribution in [0.4, 0.5) is 0 Å². The van der Waals surface area contributed by atoms with E-state index in [9.17, 15) is 0 Å². The first-order valence-electron chi connectivity index (χ1n) is 2.94. The van der Waals surface area contributed by atoms with Crippen molar-refractivity contribution in [2.45, 2.75) is 6.10 Å². The number of nitriles is 1. The zero-order chi connectivity index (χ0) is 8.27. The van der Waals surface area contributed by atoms with Crippen molar-refractivity contribution in [3.8, 4) is 6.07 Å². The third-order valence-corrected chi connectivity index (χ3v) is 1.58. The lowest BCUT2D eigenvalue weighted by Gasteiger charge is -1.99. The topological polar surface area (TPSA) is 56.9 Å². The Kier molecular flexibility index (Phi) is 2.58. The van der Waals surface area contributed by atoms with E-state index in [0.29, 0.717) is 10.3 Å². The van der Waals surface area contributed by atoms with Gasteiger partial charge in [-0.25, -0.2) is 4.98 Å². The van der Waals surface area contributed by atoms with Crippen LogP contribution in [0.3, 0.4) is 0 Å². The molecule has 0 aliphatic heterocycles. The van der Waals surface area contributed by atoms with Crippen LogP contribution in [-0.2, 0) is 0 Å². The van der Waals surface area contributed by atoms with Crippen LogP contribution in [0.1, 0.15) is 11.8 Å². The zero-order valence-electron chi connectivity index (χ0n) is 5.53. The average molecular weight is 213 g/mol. The van der Waals surface area contributed by atoms with Crippen LogP contribution in [0, 0.1) is 11.3 Å². The van der Waals surface area contributed by atoms with Crippen LogP contribution >= 0.6 is 15.9 Å². The van der Waals surface area contributed by atoms with E-state index in [2.05, 4.69) is 20.9 Å². The molecule has 0 radical (unpaired) electrons. The number of nitrogens with zero attached hydrogens (tertiary/aromatic N) is 2. The number of rotatable bonds is 1. The quantitative estimate of drug-likeness (QED) is 0.566. The number of hydrogen-bond donors (Lipinski definition) is 1. The smallest absolute Gasteiger partial charge is 0.182 e. The molecule has 0 aliphatic carbocycles. The molecule has 1 atom stereocenters. The number of aromatic nitrogens is 1. The highest BCUT2D eigenvalue weighted by atomic mass is 79.9. The number of aliphatic hydroxyl groups excluding tert-OH is 1. The lowest BCUT2D eigenvalue weighted by Crippen LogP contribution is -1.96. The molecule has 3 nitrogen and oxygen atoms in total. The highest BCUT2D eigenvalue weighted by molar-refractivity contribution is 9.10. The molecular weight excluding hydrogens is 208 g/mol. The monoisotopic (exact) mass is 212 g/mol. The number of pyridine rings is 1. The molecule has 0 saturated carbocycles. The number of halogens is 1. The van der Waals surface area contributed by atoms with Gasteiger partial charge in [-0.05, 0) is 28.1 Å². The van der Waals surface area contributed by atoms with Crippen molar-refractivity contribution in [3.05, 3.63) is 28.5 Å². The molecule has 1 aromatic heterocycles. The van der Waals surface area contributed by atoms with Crippen molar-refractivity contribution in [1.82, 2.24) is 4.98 Å². The Bertz CT molecular complexity index is 295. The summed E-state index contributed by atoms with van der Waals surface area (Å²) in [5, 5.41) is 17.3. The van der Waals surface area contributed by atoms with Crippen LogP contribution in [0.15, 0.2) is 22.8 Å². The highest BCUT2D eigenvalue weighted by Gasteiger charge is 2.05. The molecule has 1 heterocycles. The third kappa shape index (κ3) is 2.00. The van der Waals surface area contributed by atoms with Crippen molar-refractivity contribution in [1.29, 1.82) is 5.26 Å². The van der Waals surface area contributed by atoms with E-state index < -0.39 is 6.10 Å². The number of aliphatic hydroxyl groups is 1. The fourth-order valence-corrected chi connectivity index (χ4v) is 1.000. The maximum Gasteiger partial charge on any atom is 0.182 e. The van der Waals surface area contributed by atoms with Crippen LogP contribution in [0.25, 0.3) is 0 Å². The fraction of sp³-hybridized carbons (Fsp3) is 0.143. The van der Waals surface area contributed by atoms with Gasteiger partial charge in [0.1, 0.15) is 10.7 Å². The van der Waals surface area contributed by atoms with Gasteiger partial charge in [-0.3, -0.25) is 0 Å². The summed E-state index contributed by atoms with van der Waals surface area (Å²) in [6.07, 6.45) is -1.13. The minimum absolute atomic E-state index is 0.363. The van der Waals surface area contributed by atoms with Crippen molar-refractivity contribution in [3.63, 3.8) is 0 Å². The van der Waals surface area contributed by atoms with Crippen LogP contribution < -0.4 is 0 Å². The molecule has 0 fully saturated rings. The standard InChI is InChI=1S/C7H5BrN2O/c8-7-3-1-2-5(10-7)6(11)4-9/h1-3,6,11H/t6-/m0/s1. The molecule has 0 aromatic carbocycles. The Hall–Kier alpha value is -0.920. The molecule has 56 valence electrons. The second-order valence-corrected chi connectivity index (χ2v) is 2.73. The summed E-state index contributed by atoms with van der Waals surface area (Å²) in [7, 11) is 0. The molecule has 0 aliphatic rings. The van der Waals surface area contributed by atoms with E-state index in [-0.39, 0.29) is 0 Å². The van der Waals surface area contributed by atoms with Crippen LogP contribution in [0.2, 0.25) is 0 Å². The zero-order valence-corrected chi connectivity index (χ0v) is 7.12. The SMILES string of the molecule is N#C[C@H](O)c1cccc(Br)n1. The Morgan fingerprint density at radius 2 is 2.36 bits per heavy atom. The summed E-state index contributed by atoms with van der Waals surface area (Å²) in [6.45, 7) is 0. The largest absolute Gasteiger partial charge is 0.373 e. The lowest BCUT2D eigenvalue weighted by molar-refractivity contribution is 0.230. The van der Waals surface area contributed by atoms with Crippen molar-refractivity contribution < 1.29 is 5.11 Å². The number of hydrogen-bond acceptors (Lipinski definition) is 3. The molecule has 0 unspecified atom stereocenters. The van der Waals surface area contributed by atoms with E-state index >= 15 is 0 Å². The van der Waals surface area contributed by atoms with Crippen LogP contribution in [0.5, 0.6) is 0 Å². The summed E-state index contributed by atoms with van der Waals surface area (Å²) in [5.41, 5.74) is 0.363. The summed E-state index contributed by atoms with van der Waals surface area (Å²) < 4.78 is 0.615. The Labute approximate surface area is 72.4 Å². The fourth-order valence-electron chi connectivity index (χ4n) is 0.642. The minimum atomic E-state index is -1.13. The van der Waals surface area contributed by atoms with Crippen molar-refractivity contribution in [2.24, 2.45) is 0 Å². The molecule has 0 spiro atoms. The molecule has 4 heteroatoms. The van der Waals surface area contributed by atoms with E-state index in [1.54, 1.807) is 24.3 Å². The van der Waals surface area contributed by atoms with Gasteiger partial charge in [-0.15, -0.1) is 0 Å². The van der Waals surface area contributed by atoms with Gasteiger partial charge in [0.05, 0.1) is 5.69 Å². The van der Waals surface area contributed by atoms with Gasteiger partial charge in [0, 0.05) is 0 Å². The normalized spacial score (nSPS) is 12.1. The van der Waals surface area contributed by atoms with Crippen LogP contribution in [-0.4, -0.2) is 10.1 Å². The predicted molar refractivity (Wildman–Crippen MR) is 42.5 cm³/mol. The summed E-state index contributed by atoms with van der Waals surface area (Å²) in [4.78, 5) is 3.89. The van der Waals surface area contributed by atoms with Gasteiger partial charge >= 0.3 is 0 Å². The first-order chi connectivity index (χ1) is 5.24. The highest BCUT2D eigenvalue weighted by Crippen LogP contribution is 2.12. The van der Waals surface area contributed by atoms with Crippen molar-refractivity contribution >= 4 is 15.9 Å². The second kappa shape index (κ2) is 3.46. The summed E-state index contributed by atoms with van der Waals surface area (Å²) >= 11 is 3.13. The van der Waals surface area contributed by atoms with Gasteiger partial charge < -0.3 is 5.11 Å². The molecule has 1 rings (SSSR count). The van der Waals surface area contributed by atoms with Crippen molar-refractivity contribution in [2.75, 3.05) is 0 Å². The average Bonchev–Trinajstić information content (AvgIpc) is 2.03. The Morgan fingerprint density at radius 1 is 1.64 bits per heavy atom. The maximum atomic E-state index is 9.01. The molecule has 0 bridgehead atoms. The Morgan fingerprint density at radius 3 is 2.91 bits per heavy atom. The Balaban J connectivity index is 2.98. The second-order valence-electron chi connectivity index (χ2n) is 1.92. The first-order valence-corrected chi connectivity index (χ1v) is 3.73. The summed E-state index contributed by atoms with van der Waals surface area (Å²) in [6, 6.07) is 6.72. The lowest BCUT2D eigenvalue weighted by atomic mass is 10.2.